The average Bonchev–Trinajstić information content (AvgIpc) is 2.84. The fraction of sp³-hybridized carbons (Fsp3) is 0.538. The monoisotopic (exact) mass is 273 g/mol. The quantitative estimate of drug-likeness (QED) is 0.592. The Labute approximate surface area is 116 Å². The van der Waals surface area contributed by atoms with E-state index in [9.17, 15) is 15.4 Å². The van der Waals surface area contributed by atoms with Gasteiger partial charge in [0.2, 0.25) is 5.82 Å². The first kappa shape index (κ1) is 12.8. The Bertz CT molecular complexity index is 597. The zero-order chi connectivity index (χ0) is 14.3. The van der Waals surface area contributed by atoms with E-state index >= 15 is 0 Å². The number of anilines is 1. The van der Waals surface area contributed by atoms with Crippen molar-refractivity contribution in [1.29, 1.82) is 5.26 Å². The first-order valence-corrected chi connectivity index (χ1v) is 6.61. The van der Waals surface area contributed by atoms with Crippen LogP contribution in [0.25, 0.3) is 0 Å². The molecule has 2 bridgehead atoms. The summed E-state index contributed by atoms with van der Waals surface area (Å²) < 4.78 is 0. The Morgan fingerprint density at radius 1 is 1.55 bits per heavy atom. The van der Waals surface area contributed by atoms with Crippen LogP contribution in [-0.4, -0.2) is 46.5 Å². The van der Waals surface area contributed by atoms with Gasteiger partial charge in [0, 0.05) is 37.9 Å². The van der Waals surface area contributed by atoms with Gasteiger partial charge in [0.1, 0.15) is 6.04 Å². The maximum atomic E-state index is 11.2. The number of nitrogens with zero attached hydrogens (tertiary/aromatic N) is 5. The molecule has 0 radical (unpaired) electrons. The van der Waals surface area contributed by atoms with Crippen molar-refractivity contribution in [1.82, 2.24) is 9.88 Å². The van der Waals surface area contributed by atoms with Gasteiger partial charge in [0.25, 0.3) is 0 Å². The molecule has 2 aliphatic heterocycles. The van der Waals surface area contributed by atoms with Gasteiger partial charge in [-0.1, -0.05) is 0 Å². The van der Waals surface area contributed by atoms with Crippen LogP contribution in [0.3, 0.4) is 0 Å². The topological polar surface area (TPSA) is 86.3 Å². The van der Waals surface area contributed by atoms with Gasteiger partial charge in [-0.25, -0.2) is 4.98 Å². The van der Waals surface area contributed by atoms with Gasteiger partial charge >= 0.3 is 5.69 Å². The van der Waals surface area contributed by atoms with E-state index in [-0.39, 0.29) is 17.8 Å². The largest absolute Gasteiger partial charge is 0.344 e. The molecule has 0 saturated carbocycles. The Kier molecular flexibility index (Phi) is 3.03. The second-order valence-electron chi connectivity index (χ2n) is 5.35. The molecule has 2 saturated heterocycles. The summed E-state index contributed by atoms with van der Waals surface area (Å²) in [5.41, 5.74) is 0.796. The Hall–Kier alpha value is -2.20. The van der Waals surface area contributed by atoms with E-state index in [0.717, 1.165) is 25.1 Å². The molecule has 3 heterocycles. The van der Waals surface area contributed by atoms with Gasteiger partial charge in [-0.3, -0.25) is 15.0 Å². The molecule has 104 valence electrons. The van der Waals surface area contributed by atoms with E-state index in [4.69, 9.17) is 0 Å². The summed E-state index contributed by atoms with van der Waals surface area (Å²) in [4.78, 5) is 19.2. The summed E-state index contributed by atoms with van der Waals surface area (Å²) in [6, 6.07) is 3.83. The van der Waals surface area contributed by atoms with E-state index in [1.54, 1.807) is 19.2 Å². The summed E-state index contributed by atoms with van der Waals surface area (Å²) in [5.74, 6) is 0.396. The molecule has 2 fully saturated rings. The van der Waals surface area contributed by atoms with Crippen LogP contribution < -0.4 is 4.90 Å². The summed E-state index contributed by atoms with van der Waals surface area (Å²) >= 11 is 0. The summed E-state index contributed by atoms with van der Waals surface area (Å²) in [6.07, 6.45) is 2.57. The highest BCUT2D eigenvalue weighted by Gasteiger charge is 2.41. The molecule has 1 aromatic heterocycles. The highest BCUT2D eigenvalue weighted by atomic mass is 16.6. The molecule has 0 aliphatic carbocycles. The molecule has 2 aliphatic rings. The van der Waals surface area contributed by atoms with Crippen LogP contribution in [0.4, 0.5) is 11.5 Å². The lowest BCUT2D eigenvalue weighted by Gasteiger charge is -2.37. The molecule has 0 N–H and O–H groups in total. The van der Waals surface area contributed by atoms with Gasteiger partial charge < -0.3 is 4.90 Å². The lowest BCUT2D eigenvalue weighted by Crippen LogP contribution is -2.52. The predicted molar refractivity (Wildman–Crippen MR) is 72.4 cm³/mol. The second kappa shape index (κ2) is 4.72. The van der Waals surface area contributed by atoms with E-state index in [1.807, 2.05) is 4.90 Å². The first-order chi connectivity index (χ1) is 9.60. The van der Waals surface area contributed by atoms with E-state index in [2.05, 4.69) is 16.0 Å². The number of nitriles is 1. The first-order valence-electron chi connectivity index (χ1n) is 6.61. The molecule has 3 unspecified atom stereocenters. The highest BCUT2D eigenvalue weighted by Crippen LogP contribution is 2.34. The summed E-state index contributed by atoms with van der Waals surface area (Å²) in [7, 11) is 0. The molecule has 3 rings (SSSR count). The van der Waals surface area contributed by atoms with Crippen LogP contribution in [0.5, 0.6) is 0 Å². The zero-order valence-corrected chi connectivity index (χ0v) is 11.2. The van der Waals surface area contributed by atoms with Crippen molar-refractivity contribution in [3.05, 3.63) is 27.9 Å². The number of rotatable bonds is 2. The molecule has 0 aromatic carbocycles. The number of piperazine rings is 1. The molecule has 0 amide bonds. The molecular formula is C13H15N5O2. The van der Waals surface area contributed by atoms with Crippen molar-refractivity contribution in [3.63, 3.8) is 0 Å². The Morgan fingerprint density at radius 2 is 2.35 bits per heavy atom. The third-order valence-corrected chi connectivity index (χ3v) is 4.05. The fourth-order valence-corrected chi connectivity index (χ4v) is 3.04. The SMILES string of the molecule is Cc1cnc(N2CC(C#N)N3CCC2C3)c([N+](=O)[O-])c1. The van der Waals surface area contributed by atoms with Crippen LogP contribution in [-0.2, 0) is 0 Å². The number of nitro groups is 1. The molecular weight excluding hydrogens is 258 g/mol. The zero-order valence-electron chi connectivity index (χ0n) is 11.2. The molecule has 0 spiro atoms. The second-order valence-corrected chi connectivity index (χ2v) is 5.35. The minimum absolute atomic E-state index is 0.0297. The standard InChI is InChI=1S/C13H15N5O2/c1-9-4-12(18(19)20)13(15-6-9)17-8-11(5-14)16-3-2-10(17)7-16/h4,6,10-11H,2-3,7-8H2,1H3. The Morgan fingerprint density at radius 3 is 3.05 bits per heavy atom. The van der Waals surface area contributed by atoms with Crippen molar-refractivity contribution in [3.8, 4) is 6.07 Å². The lowest BCUT2D eigenvalue weighted by molar-refractivity contribution is -0.384. The smallest absolute Gasteiger partial charge is 0.311 e. The number of aromatic nitrogens is 1. The minimum Gasteiger partial charge on any atom is -0.344 e. The third kappa shape index (κ3) is 1.98. The highest BCUT2D eigenvalue weighted by molar-refractivity contribution is 5.60. The van der Waals surface area contributed by atoms with Gasteiger partial charge in [-0.05, 0) is 18.9 Å². The number of pyridine rings is 1. The van der Waals surface area contributed by atoms with E-state index in [1.165, 1.54) is 0 Å². The van der Waals surface area contributed by atoms with Gasteiger partial charge in [0.05, 0.1) is 11.0 Å². The molecule has 20 heavy (non-hydrogen) atoms. The van der Waals surface area contributed by atoms with Crippen molar-refractivity contribution in [2.45, 2.75) is 25.4 Å². The van der Waals surface area contributed by atoms with E-state index in [0.29, 0.717) is 12.4 Å². The normalized spacial score (nSPS) is 28.2. The summed E-state index contributed by atoms with van der Waals surface area (Å²) in [5, 5.41) is 20.5. The average molecular weight is 273 g/mol. The number of hydrogen-bond acceptors (Lipinski definition) is 6. The van der Waals surface area contributed by atoms with Gasteiger partial charge in [-0.2, -0.15) is 5.26 Å². The van der Waals surface area contributed by atoms with Gasteiger partial charge in [-0.15, -0.1) is 0 Å². The van der Waals surface area contributed by atoms with Crippen LogP contribution in [0.2, 0.25) is 0 Å². The van der Waals surface area contributed by atoms with E-state index < -0.39 is 4.92 Å². The number of hydrogen-bond donors (Lipinski definition) is 0. The minimum atomic E-state index is -0.391. The summed E-state index contributed by atoms with van der Waals surface area (Å²) in [6.45, 7) is 3.93. The van der Waals surface area contributed by atoms with Gasteiger partial charge in [0.15, 0.2) is 0 Å². The number of aryl methyl sites for hydroxylation is 1. The van der Waals surface area contributed by atoms with Crippen molar-refractivity contribution < 1.29 is 4.92 Å². The maximum absolute atomic E-state index is 11.2. The van der Waals surface area contributed by atoms with Crippen LogP contribution in [0.1, 0.15) is 12.0 Å². The molecule has 7 heteroatoms. The molecule has 3 atom stereocenters. The predicted octanol–water partition coefficient (Wildman–Crippen LogP) is 1.08. The Balaban J connectivity index is 2.00. The van der Waals surface area contributed by atoms with Crippen LogP contribution in [0, 0.1) is 28.4 Å². The fourth-order valence-electron chi connectivity index (χ4n) is 3.04. The molecule has 7 nitrogen and oxygen atoms in total. The maximum Gasteiger partial charge on any atom is 0.311 e. The lowest BCUT2D eigenvalue weighted by atomic mass is 10.1. The van der Waals surface area contributed by atoms with Crippen LogP contribution in [0.15, 0.2) is 12.3 Å². The number of fused-ring (bicyclic) bond motifs is 2. The van der Waals surface area contributed by atoms with Crippen molar-refractivity contribution in [2.75, 3.05) is 24.5 Å². The third-order valence-electron chi connectivity index (χ3n) is 4.05. The van der Waals surface area contributed by atoms with Crippen molar-refractivity contribution in [2.24, 2.45) is 0 Å². The molecule has 1 aromatic rings. The van der Waals surface area contributed by atoms with Crippen molar-refractivity contribution >= 4 is 11.5 Å². The van der Waals surface area contributed by atoms with Crippen LogP contribution >= 0.6 is 0 Å².